The number of hydrogen-bond acceptors (Lipinski definition) is 3. The molecule has 0 saturated heterocycles. The molecule has 0 aliphatic heterocycles. The first-order valence-corrected chi connectivity index (χ1v) is 6.42. The van der Waals surface area contributed by atoms with E-state index in [1.54, 1.807) is 7.11 Å². The number of carbonyl (C=O) groups is 1. The molecule has 0 saturated carbocycles. The van der Waals surface area contributed by atoms with Crippen molar-refractivity contribution < 1.29 is 9.53 Å². The van der Waals surface area contributed by atoms with Gasteiger partial charge in [-0.25, -0.2) is 4.79 Å². The van der Waals surface area contributed by atoms with E-state index >= 15 is 0 Å². The zero-order valence-corrected chi connectivity index (χ0v) is 11.8. The van der Waals surface area contributed by atoms with Crippen LogP contribution in [-0.4, -0.2) is 25.8 Å². The topological polar surface area (TPSA) is 76.4 Å². The molecule has 0 aliphatic carbocycles. The highest BCUT2D eigenvalue weighted by molar-refractivity contribution is 5.89. The number of ether oxygens (including phenoxy) is 1. The highest BCUT2D eigenvalue weighted by Crippen LogP contribution is 2.10. The van der Waals surface area contributed by atoms with Crippen molar-refractivity contribution in [2.24, 2.45) is 11.7 Å². The summed E-state index contributed by atoms with van der Waals surface area (Å²) in [4.78, 5) is 11.9. The summed E-state index contributed by atoms with van der Waals surface area (Å²) in [6.45, 7) is 5.03. The summed E-state index contributed by atoms with van der Waals surface area (Å²) < 4.78 is 5.09. The summed E-state index contributed by atoms with van der Waals surface area (Å²) in [6, 6.07) is 7.24. The zero-order valence-electron chi connectivity index (χ0n) is 11.8. The van der Waals surface area contributed by atoms with E-state index in [0.717, 1.165) is 11.3 Å². The molecular weight excluding hydrogens is 242 g/mol. The van der Waals surface area contributed by atoms with Gasteiger partial charge in [0.05, 0.1) is 12.6 Å². The van der Waals surface area contributed by atoms with Crippen molar-refractivity contribution in [3.8, 4) is 0 Å². The van der Waals surface area contributed by atoms with E-state index in [0.29, 0.717) is 19.1 Å². The lowest BCUT2D eigenvalue weighted by Crippen LogP contribution is -2.43. The maximum atomic E-state index is 11.9. The Morgan fingerprint density at radius 2 is 2.16 bits per heavy atom. The molecule has 1 aromatic rings. The van der Waals surface area contributed by atoms with Gasteiger partial charge < -0.3 is 21.1 Å². The summed E-state index contributed by atoms with van der Waals surface area (Å²) in [5, 5.41) is 5.70. The average molecular weight is 265 g/mol. The summed E-state index contributed by atoms with van der Waals surface area (Å²) in [6.07, 6.45) is 0. The third-order valence-electron chi connectivity index (χ3n) is 2.89. The van der Waals surface area contributed by atoms with Crippen LogP contribution >= 0.6 is 0 Å². The van der Waals surface area contributed by atoms with Crippen LogP contribution in [0.1, 0.15) is 19.4 Å². The summed E-state index contributed by atoms with van der Waals surface area (Å²) >= 11 is 0. The van der Waals surface area contributed by atoms with Crippen LogP contribution in [0.15, 0.2) is 24.3 Å². The van der Waals surface area contributed by atoms with Crippen LogP contribution in [0.5, 0.6) is 0 Å². The maximum Gasteiger partial charge on any atom is 0.319 e. The van der Waals surface area contributed by atoms with Crippen LogP contribution in [0.25, 0.3) is 0 Å². The van der Waals surface area contributed by atoms with Crippen LogP contribution in [0.2, 0.25) is 0 Å². The Morgan fingerprint density at radius 3 is 2.74 bits per heavy atom. The van der Waals surface area contributed by atoms with Gasteiger partial charge >= 0.3 is 6.03 Å². The summed E-state index contributed by atoms with van der Waals surface area (Å²) in [7, 11) is 1.62. The zero-order chi connectivity index (χ0) is 14.3. The van der Waals surface area contributed by atoms with Crippen LogP contribution in [0, 0.1) is 5.92 Å². The predicted molar refractivity (Wildman–Crippen MR) is 77.0 cm³/mol. The standard InChI is InChI=1S/C14H23N3O2/c1-10(2)13(9-19-3)17-14(18)16-12-6-4-5-11(7-12)8-15/h4-7,10,13H,8-9,15H2,1-3H3,(H2,16,17,18). The second kappa shape index (κ2) is 7.76. The first-order valence-electron chi connectivity index (χ1n) is 6.42. The fraction of sp³-hybridized carbons (Fsp3) is 0.500. The number of amides is 2. The smallest absolute Gasteiger partial charge is 0.319 e. The third-order valence-corrected chi connectivity index (χ3v) is 2.89. The SMILES string of the molecule is COCC(NC(=O)Nc1cccc(CN)c1)C(C)C. The number of methoxy groups -OCH3 is 1. The highest BCUT2D eigenvalue weighted by atomic mass is 16.5. The largest absolute Gasteiger partial charge is 0.383 e. The van der Waals surface area contributed by atoms with E-state index in [-0.39, 0.29) is 12.1 Å². The van der Waals surface area contributed by atoms with Crippen molar-refractivity contribution in [2.75, 3.05) is 19.0 Å². The fourth-order valence-electron chi connectivity index (χ4n) is 1.69. The summed E-state index contributed by atoms with van der Waals surface area (Å²) in [5.74, 6) is 0.307. The lowest BCUT2D eigenvalue weighted by atomic mass is 10.1. The van der Waals surface area contributed by atoms with Crippen molar-refractivity contribution >= 4 is 11.7 Å². The molecule has 0 spiro atoms. The molecule has 1 aromatic carbocycles. The monoisotopic (exact) mass is 265 g/mol. The Morgan fingerprint density at radius 1 is 1.42 bits per heavy atom. The second-order valence-electron chi connectivity index (χ2n) is 4.81. The van der Waals surface area contributed by atoms with E-state index in [9.17, 15) is 4.79 Å². The van der Waals surface area contributed by atoms with E-state index in [2.05, 4.69) is 10.6 Å². The van der Waals surface area contributed by atoms with Crippen LogP contribution < -0.4 is 16.4 Å². The number of anilines is 1. The Hall–Kier alpha value is -1.59. The molecule has 19 heavy (non-hydrogen) atoms. The minimum Gasteiger partial charge on any atom is -0.383 e. The highest BCUT2D eigenvalue weighted by Gasteiger charge is 2.15. The molecule has 1 atom stereocenters. The Kier molecular flexibility index (Phi) is 6.32. The van der Waals surface area contributed by atoms with E-state index in [4.69, 9.17) is 10.5 Å². The number of carbonyl (C=O) groups excluding carboxylic acids is 1. The first-order chi connectivity index (χ1) is 9.06. The van der Waals surface area contributed by atoms with Gasteiger partial charge in [0.25, 0.3) is 0 Å². The molecule has 0 radical (unpaired) electrons. The molecule has 0 bridgehead atoms. The van der Waals surface area contributed by atoms with Gasteiger partial charge in [0.2, 0.25) is 0 Å². The van der Waals surface area contributed by atoms with E-state index in [1.807, 2.05) is 38.1 Å². The first kappa shape index (κ1) is 15.5. The molecule has 4 N–H and O–H groups in total. The van der Waals surface area contributed by atoms with Crippen molar-refractivity contribution in [1.29, 1.82) is 0 Å². The number of benzene rings is 1. The number of urea groups is 1. The quantitative estimate of drug-likeness (QED) is 0.735. The predicted octanol–water partition coefficient (Wildman–Crippen LogP) is 1.94. The second-order valence-corrected chi connectivity index (χ2v) is 4.81. The molecule has 1 unspecified atom stereocenters. The molecular formula is C14H23N3O2. The molecule has 5 heteroatoms. The van der Waals surface area contributed by atoms with Gasteiger partial charge in [0.15, 0.2) is 0 Å². The van der Waals surface area contributed by atoms with Crippen molar-refractivity contribution in [3.63, 3.8) is 0 Å². The van der Waals surface area contributed by atoms with Gasteiger partial charge in [-0.05, 0) is 23.6 Å². The Balaban J connectivity index is 2.58. The van der Waals surface area contributed by atoms with Gasteiger partial charge in [-0.3, -0.25) is 0 Å². The van der Waals surface area contributed by atoms with Crippen LogP contribution in [0.3, 0.4) is 0 Å². The number of rotatable bonds is 6. The lowest BCUT2D eigenvalue weighted by molar-refractivity contribution is 0.150. The third kappa shape index (κ3) is 5.28. The van der Waals surface area contributed by atoms with E-state index < -0.39 is 0 Å². The molecule has 0 aliphatic rings. The van der Waals surface area contributed by atoms with Gasteiger partial charge in [0, 0.05) is 19.3 Å². The van der Waals surface area contributed by atoms with Gasteiger partial charge in [-0.15, -0.1) is 0 Å². The van der Waals surface area contributed by atoms with Crippen molar-refractivity contribution in [3.05, 3.63) is 29.8 Å². The number of nitrogens with two attached hydrogens (primary N) is 1. The molecule has 0 aromatic heterocycles. The number of hydrogen-bond donors (Lipinski definition) is 3. The number of nitrogens with one attached hydrogen (secondary N) is 2. The Labute approximate surface area is 114 Å². The van der Waals surface area contributed by atoms with E-state index in [1.165, 1.54) is 0 Å². The maximum absolute atomic E-state index is 11.9. The molecule has 1 rings (SSSR count). The van der Waals surface area contributed by atoms with Crippen LogP contribution in [-0.2, 0) is 11.3 Å². The van der Waals surface area contributed by atoms with Gasteiger partial charge in [0.1, 0.15) is 0 Å². The Bertz CT molecular complexity index is 407. The fourth-order valence-corrected chi connectivity index (χ4v) is 1.69. The van der Waals surface area contributed by atoms with Crippen molar-refractivity contribution in [1.82, 2.24) is 5.32 Å². The normalized spacial score (nSPS) is 12.3. The lowest BCUT2D eigenvalue weighted by Gasteiger charge is -2.21. The van der Waals surface area contributed by atoms with Gasteiger partial charge in [-0.1, -0.05) is 26.0 Å². The summed E-state index contributed by atoms with van der Waals surface area (Å²) in [5.41, 5.74) is 7.28. The molecule has 0 fully saturated rings. The molecule has 5 nitrogen and oxygen atoms in total. The molecule has 0 heterocycles. The van der Waals surface area contributed by atoms with Gasteiger partial charge in [-0.2, -0.15) is 0 Å². The average Bonchev–Trinajstić information content (AvgIpc) is 2.38. The minimum absolute atomic E-state index is 0.0114. The minimum atomic E-state index is -0.232. The molecule has 106 valence electrons. The van der Waals surface area contributed by atoms with Crippen molar-refractivity contribution in [2.45, 2.75) is 26.4 Å². The van der Waals surface area contributed by atoms with Crippen LogP contribution in [0.4, 0.5) is 10.5 Å². The molecule has 2 amide bonds.